The SMILES string of the molecule is CCCN1/C(=C/C=C2\C(=O)N(c3cccc(S(=O)(=O)O)c3)N=C2C(F)(F)F)C(C)(C)c2ccccc21. The largest absolute Gasteiger partial charge is 0.435 e. The van der Waals surface area contributed by atoms with Gasteiger partial charge in [0.15, 0.2) is 5.71 Å². The number of anilines is 2. The summed E-state index contributed by atoms with van der Waals surface area (Å²) in [6.45, 7) is 6.57. The van der Waals surface area contributed by atoms with E-state index >= 15 is 0 Å². The van der Waals surface area contributed by atoms with Crippen LogP contribution in [0.4, 0.5) is 24.5 Å². The third-order valence-corrected chi connectivity index (χ3v) is 7.01. The Hall–Kier alpha value is -3.44. The van der Waals surface area contributed by atoms with Crippen LogP contribution in [0.2, 0.25) is 0 Å². The molecule has 7 nitrogen and oxygen atoms in total. The second kappa shape index (κ2) is 8.90. The van der Waals surface area contributed by atoms with Crippen LogP contribution in [-0.4, -0.2) is 37.3 Å². The zero-order valence-electron chi connectivity index (χ0n) is 19.7. The number of hydrogen-bond donors (Lipinski definition) is 1. The van der Waals surface area contributed by atoms with E-state index in [1.165, 1.54) is 18.2 Å². The Morgan fingerprint density at radius 2 is 1.78 bits per heavy atom. The molecular formula is C25H24F3N3O4S. The van der Waals surface area contributed by atoms with Gasteiger partial charge in [0.1, 0.15) is 0 Å². The maximum absolute atomic E-state index is 13.9. The molecular weight excluding hydrogens is 495 g/mol. The Morgan fingerprint density at radius 3 is 2.42 bits per heavy atom. The first-order valence-electron chi connectivity index (χ1n) is 11.1. The van der Waals surface area contributed by atoms with E-state index in [9.17, 15) is 30.9 Å². The van der Waals surface area contributed by atoms with Crippen molar-refractivity contribution in [2.75, 3.05) is 16.5 Å². The molecule has 0 aliphatic carbocycles. The minimum Gasteiger partial charge on any atom is -0.344 e. The van der Waals surface area contributed by atoms with Gasteiger partial charge in [0.05, 0.1) is 16.2 Å². The number of para-hydroxylation sites is 1. The topological polar surface area (TPSA) is 90.3 Å². The van der Waals surface area contributed by atoms with Gasteiger partial charge in [-0.25, -0.2) is 0 Å². The summed E-state index contributed by atoms with van der Waals surface area (Å²) in [6.07, 6.45) is -1.51. The Labute approximate surface area is 207 Å². The number of carbonyl (C=O) groups is 1. The zero-order valence-corrected chi connectivity index (χ0v) is 20.6. The van der Waals surface area contributed by atoms with Gasteiger partial charge in [0.25, 0.3) is 16.0 Å². The molecule has 2 aromatic carbocycles. The highest BCUT2D eigenvalue weighted by Crippen LogP contribution is 2.47. The average molecular weight is 520 g/mol. The van der Waals surface area contributed by atoms with E-state index in [1.807, 2.05) is 49.9 Å². The van der Waals surface area contributed by atoms with Crippen LogP contribution in [-0.2, 0) is 20.3 Å². The van der Waals surface area contributed by atoms with Crippen LogP contribution in [0.5, 0.6) is 0 Å². The quantitative estimate of drug-likeness (QED) is 0.432. The molecule has 0 unspecified atom stereocenters. The van der Waals surface area contributed by atoms with Crippen molar-refractivity contribution >= 4 is 33.1 Å². The molecule has 2 heterocycles. The molecule has 2 aromatic rings. The van der Waals surface area contributed by atoms with Crippen molar-refractivity contribution in [1.29, 1.82) is 0 Å². The van der Waals surface area contributed by atoms with Gasteiger partial charge in [-0.05, 0) is 48.4 Å². The molecule has 0 fully saturated rings. The monoisotopic (exact) mass is 519 g/mol. The van der Waals surface area contributed by atoms with E-state index in [1.54, 1.807) is 0 Å². The summed E-state index contributed by atoms with van der Waals surface area (Å²) in [4.78, 5) is 14.6. The highest BCUT2D eigenvalue weighted by molar-refractivity contribution is 7.85. The van der Waals surface area contributed by atoms with Crippen LogP contribution in [0, 0.1) is 0 Å². The number of allylic oxidation sites excluding steroid dienone is 3. The summed E-state index contributed by atoms with van der Waals surface area (Å²) in [5.74, 6) is -1.07. The van der Waals surface area contributed by atoms with Gasteiger partial charge in [0.2, 0.25) is 0 Å². The lowest BCUT2D eigenvalue weighted by Gasteiger charge is -2.26. The predicted octanol–water partition coefficient (Wildman–Crippen LogP) is 5.22. The summed E-state index contributed by atoms with van der Waals surface area (Å²) >= 11 is 0. The second-order valence-electron chi connectivity index (χ2n) is 8.96. The Balaban J connectivity index is 1.81. The van der Waals surface area contributed by atoms with E-state index in [0.29, 0.717) is 11.6 Å². The smallest absolute Gasteiger partial charge is 0.344 e. The van der Waals surface area contributed by atoms with Gasteiger partial charge in [-0.3, -0.25) is 9.35 Å². The van der Waals surface area contributed by atoms with Crippen molar-refractivity contribution in [2.45, 2.75) is 43.7 Å². The fourth-order valence-electron chi connectivity index (χ4n) is 4.49. The summed E-state index contributed by atoms with van der Waals surface area (Å²) in [5.41, 5.74) is -0.0983. The summed E-state index contributed by atoms with van der Waals surface area (Å²) in [7, 11) is -4.64. The van der Waals surface area contributed by atoms with Gasteiger partial charge in [-0.15, -0.1) is 0 Å². The molecule has 2 aliphatic heterocycles. The Bertz CT molecular complexity index is 1430. The Kier molecular flexibility index (Phi) is 6.34. The molecule has 190 valence electrons. The van der Waals surface area contributed by atoms with Crippen molar-refractivity contribution in [1.82, 2.24) is 0 Å². The van der Waals surface area contributed by atoms with Crippen molar-refractivity contribution < 1.29 is 30.9 Å². The molecule has 1 N–H and O–H groups in total. The van der Waals surface area contributed by atoms with Gasteiger partial charge in [0, 0.05) is 23.3 Å². The number of amides is 1. The number of carbonyl (C=O) groups excluding carboxylic acids is 1. The normalized spacial score (nSPS) is 19.9. The predicted molar refractivity (Wildman–Crippen MR) is 131 cm³/mol. The molecule has 0 spiro atoms. The highest BCUT2D eigenvalue weighted by atomic mass is 32.2. The van der Waals surface area contributed by atoms with Crippen molar-refractivity contribution in [3.05, 3.63) is 77.5 Å². The van der Waals surface area contributed by atoms with Crippen molar-refractivity contribution in [3.8, 4) is 0 Å². The van der Waals surface area contributed by atoms with E-state index in [2.05, 4.69) is 5.10 Å². The minimum atomic E-state index is -4.94. The van der Waals surface area contributed by atoms with Crippen LogP contribution < -0.4 is 9.91 Å². The summed E-state index contributed by atoms with van der Waals surface area (Å²) in [6, 6.07) is 12.1. The molecule has 11 heteroatoms. The van der Waals surface area contributed by atoms with E-state index in [-0.39, 0.29) is 5.69 Å². The van der Waals surface area contributed by atoms with Crippen LogP contribution >= 0.6 is 0 Å². The van der Waals surface area contributed by atoms with Gasteiger partial charge in [-0.2, -0.15) is 31.7 Å². The standard InChI is InChI=1S/C25H24F3N3O4S/c1-4-14-30-20-11-6-5-10-19(20)24(2,3)21(30)13-12-18-22(25(26,27)28)29-31(23(18)32)16-8-7-9-17(15-16)36(33,34)35/h5-13,15H,4,14H2,1-3H3,(H,33,34,35)/b18-12-,21-13+. The molecule has 0 saturated heterocycles. The maximum atomic E-state index is 13.9. The van der Waals surface area contributed by atoms with Crippen LogP contribution in [0.15, 0.2) is 82.0 Å². The average Bonchev–Trinajstić information content (AvgIpc) is 3.24. The summed E-state index contributed by atoms with van der Waals surface area (Å²) < 4.78 is 73.9. The number of benzene rings is 2. The Morgan fingerprint density at radius 1 is 1.08 bits per heavy atom. The number of hydrogen-bond acceptors (Lipinski definition) is 5. The number of alkyl halides is 3. The molecule has 0 saturated carbocycles. The fraction of sp³-hybridized carbons (Fsp3) is 0.280. The first kappa shape index (κ1) is 25.6. The first-order chi connectivity index (χ1) is 16.8. The highest BCUT2D eigenvalue weighted by Gasteiger charge is 2.47. The molecule has 2 aliphatic rings. The lowest BCUT2D eigenvalue weighted by Crippen LogP contribution is -2.27. The van der Waals surface area contributed by atoms with Crippen molar-refractivity contribution in [2.24, 2.45) is 5.10 Å². The van der Waals surface area contributed by atoms with E-state index < -0.39 is 43.8 Å². The van der Waals surface area contributed by atoms with E-state index in [4.69, 9.17) is 0 Å². The third-order valence-electron chi connectivity index (χ3n) is 6.16. The molecule has 1 amide bonds. The molecule has 4 rings (SSSR count). The van der Waals surface area contributed by atoms with Gasteiger partial charge < -0.3 is 4.90 Å². The zero-order chi connectivity index (χ0) is 26.5. The molecule has 36 heavy (non-hydrogen) atoms. The number of nitrogens with zero attached hydrogens (tertiary/aromatic N) is 3. The third kappa shape index (κ3) is 4.44. The van der Waals surface area contributed by atoms with Gasteiger partial charge >= 0.3 is 6.18 Å². The lowest BCUT2D eigenvalue weighted by molar-refractivity contribution is -0.114. The first-order valence-corrected chi connectivity index (χ1v) is 12.6. The fourth-order valence-corrected chi connectivity index (χ4v) is 5.01. The van der Waals surface area contributed by atoms with E-state index in [0.717, 1.165) is 41.6 Å². The van der Waals surface area contributed by atoms with Gasteiger partial charge in [-0.1, -0.05) is 45.0 Å². The molecule has 0 atom stereocenters. The summed E-state index contributed by atoms with van der Waals surface area (Å²) in [5, 5.41) is 3.97. The number of hydrazone groups is 1. The number of fused-ring (bicyclic) bond motifs is 1. The van der Waals surface area contributed by atoms with Crippen molar-refractivity contribution in [3.63, 3.8) is 0 Å². The molecule has 0 aromatic heterocycles. The van der Waals surface area contributed by atoms with Crippen LogP contribution in [0.25, 0.3) is 0 Å². The number of rotatable bonds is 5. The number of halogens is 3. The molecule has 0 radical (unpaired) electrons. The maximum Gasteiger partial charge on any atom is 0.435 e. The van der Waals surface area contributed by atoms with Crippen LogP contribution in [0.1, 0.15) is 32.8 Å². The minimum absolute atomic E-state index is 0.228. The lowest BCUT2D eigenvalue weighted by atomic mass is 9.83. The van der Waals surface area contributed by atoms with Crippen LogP contribution in [0.3, 0.4) is 0 Å². The second-order valence-corrected chi connectivity index (χ2v) is 10.4. The molecule has 0 bridgehead atoms.